The summed E-state index contributed by atoms with van der Waals surface area (Å²) >= 11 is 0. The van der Waals surface area contributed by atoms with E-state index in [0.717, 1.165) is 33.3 Å². The van der Waals surface area contributed by atoms with Crippen LogP contribution in [0.5, 0.6) is 0 Å². The Balaban J connectivity index is 1.50. The van der Waals surface area contributed by atoms with Gasteiger partial charge < -0.3 is 10.3 Å². The highest BCUT2D eigenvalue weighted by atomic mass is 16.1. The lowest BCUT2D eigenvalue weighted by molar-refractivity contribution is -0.116. The quantitative estimate of drug-likeness (QED) is 0.533. The molecule has 1 aromatic carbocycles. The van der Waals surface area contributed by atoms with Crippen LogP contribution in [-0.2, 0) is 11.3 Å². The Morgan fingerprint density at radius 2 is 1.93 bits per heavy atom. The number of fused-ring (bicyclic) bond motifs is 1. The number of hydrogen-bond donors (Lipinski definition) is 2. The van der Waals surface area contributed by atoms with Gasteiger partial charge in [0.15, 0.2) is 0 Å². The van der Waals surface area contributed by atoms with E-state index in [1.165, 1.54) is 6.08 Å². The van der Waals surface area contributed by atoms with Crippen LogP contribution in [0.2, 0.25) is 0 Å². The first-order valence-electron chi connectivity index (χ1n) is 8.67. The first-order valence-corrected chi connectivity index (χ1v) is 8.67. The molecule has 0 fully saturated rings. The first kappa shape index (κ1) is 16.7. The number of carbonyl (C=O) groups excluding carboxylic acids is 1. The van der Waals surface area contributed by atoms with Gasteiger partial charge in [-0.3, -0.25) is 9.78 Å². The fraction of sp³-hybridized carbons (Fsp3) is 0.0455. The van der Waals surface area contributed by atoms with E-state index in [1.54, 1.807) is 24.7 Å². The van der Waals surface area contributed by atoms with Gasteiger partial charge in [-0.15, -0.1) is 0 Å². The molecule has 0 aliphatic carbocycles. The molecule has 0 unspecified atom stereocenters. The molecule has 0 spiro atoms. The van der Waals surface area contributed by atoms with Gasteiger partial charge in [0.25, 0.3) is 0 Å². The van der Waals surface area contributed by atoms with E-state index >= 15 is 0 Å². The molecule has 2 N–H and O–H groups in total. The molecular formula is C22H18N4O. The van der Waals surface area contributed by atoms with E-state index in [9.17, 15) is 4.79 Å². The fourth-order valence-corrected chi connectivity index (χ4v) is 2.89. The van der Waals surface area contributed by atoms with Gasteiger partial charge in [0.2, 0.25) is 5.91 Å². The van der Waals surface area contributed by atoms with Crippen LogP contribution >= 0.6 is 0 Å². The maximum atomic E-state index is 12.1. The van der Waals surface area contributed by atoms with Crippen molar-refractivity contribution in [1.82, 2.24) is 20.3 Å². The summed E-state index contributed by atoms with van der Waals surface area (Å²) in [6.07, 6.45) is 10.4. The fourth-order valence-electron chi connectivity index (χ4n) is 2.89. The number of H-pyrrole nitrogens is 1. The summed E-state index contributed by atoms with van der Waals surface area (Å²) in [5, 5.41) is 3.89. The largest absolute Gasteiger partial charge is 0.348 e. The van der Waals surface area contributed by atoms with Crippen LogP contribution in [0.25, 0.3) is 28.2 Å². The Morgan fingerprint density at radius 1 is 1.11 bits per heavy atom. The van der Waals surface area contributed by atoms with Crippen LogP contribution in [0.4, 0.5) is 0 Å². The SMILES string of the molecule is O=C(/C=C/c1cnc2[nH]cc(-c3ccccc3)c2c1)NCc1ccncc1. The van der Waals surface area contributed by atoms with Gasteiger partial charge in [-0.2, -0.15) is 0 Å². The first-order chi connectivity index (χ1) is 13.3. The van der Waals surface area contributed by atoms with Crippen molar-refractivity contribution < 1.29 is 4.79 Å². The number of hydrogen-bond acceptors (Lipinski definition) is 3. The highest BCUT2D eigenvalue weighted by Crippen LogP contribution is 2.28. The smallest absolute Gasteiger partial charge is 0.244 e. The van der Waals surface area contributed by atoms with Crippen LogP contribution in [0.15, 0.2) is 79.4 Å². The second kappa shape index (κ2) is 7.66. The molecular weight excluding hydrogens is 336 g/mol. The predicted molar refractivity (Wildman–Crippen MR) is 107 cm³/mol. The van der Waals surface area contributed by atoms with Crippen molar-refractivity contribution in [3.05, 3.63) is 90.5 Å². The number of nitrogens with one attached hydrogen (secondary N) is 2. The van der Waals surface area contributed by atoms with Crippen LogP contribution in [0.3, 0.4) is 0 Å². The molecule has 0 bridgehead atoms. The lowest BCUT2D eigenvalue weighted by atomic mass is 10.1. The minimum Gasteiger partial charge on any atom is -0.348 e. The van der Waals surface area contributed by atoms with E-state index in [-0.39, 0.29) is 5.91 Å². The van der Waals surface area contributed by atoms with E-state index in [1.807, 2.05) is 42.6 Å². The summed E-state index contributed by atoms with van der Waals surface area (Å²) in [5.41, 5.74) is 4.93. The second-order valence-electron chi connectivity index (χ2n) is 6.14. The minimum absolute atomic E-state index is 0.149. The zero-order chi connectivity index (χ0) is 18.5. The molecule has 132 valence electrons. The number of aromatic amines is 1. The Hall–Kier alpha value is -3.73. The van der Waals surface area contributed by atoms with Gasteiger partial charge in [-0.05, 0) is 41.0 Å². The van der Waals surface area contributed by atoms with E-state index in [4.69, 9.17) is 0 Å². The molecule has 27 heavy (non-hydrogen) atoms. The summed E-state index contributed by atoms with van der Waals surface area (Å²) < 4.78 is 0. The number of nitrogens with zero attached hydrogens (tertiary/aromatic N) is 2. The molecule has 5 nitrogen and oxygen atoms in total. The third kappa shape index (κ3) is 3.93. The van der Waals surface area contributed by atoms with Crippen molar-refractivity contribution in [2.24, 2.45) is 0 Å². The van der Waals surface area contributed by atoms with Crippen LogP contribution < -0.4 is 5.32 Å². The zero-order valence-corrected chi connectivity index (χ0v) is 14.6. The predicted octanol–water partition coefficient (Wildman–Crippen LogP) is 3.95. The molecule has 0 saturated heterocycles. The van der Waals surface area contributed by atoms with E-state index in [0.29, 0.717) is 6.54 Å². The standard InChI is InChI=1S/C22H18N4O/c27-21(24-13-16-8-10-23-11-9-16)7-6-17-12-19-20(15-26-22(19)25-14-17)18-4-2-1-3-5-18/h1-12,14-15H,13H2,(H,24,27)(H,25,26)/b7-6+. The highest BCUT2D eigenvalue weighted by Gasteiger charge is 2.07. The van der Waals surface area contributed by atoms with Gasteiger partial charge in [-0.25, -0.2) is 4.98 Å². The summed E-state index contributed by atoms with van der Waals surface area (Å²) in [5.74, 6) is -0.149. The third-order valence-corrected chi connectivity index (χ3v) is 4.28. The second-order valence-corrected chi connectivity index (χ2v) is 6.14. The Bertz CT molecular complexity index is 1090. The maximum Gasteiger partial charge on any atom is 0.244 e. The Kier molecular flexibility index (Phi) is 4.74. The summed E-state index contributed by atoms with van der Waals surface area (Å²) in [7, 11) is 0. The molecule has 3 aromatic heterocycles. The van der Waals surface area contributed by atoms with Gasteiger partial charge >= 0.3 is 0 Å². The van der Waals surface area contributed by atoms with Gasteiger partial charge in [-0.1, -0.05) is 30.3 Å². The van der Waals surface area contributed by atoms with Crippen LogP contribution in [-0.4, -0.2) is 20.9 Å². The number of carbonyl (C=O) groups is 1. The average molecular weight is 354 g/mol. The van der Waals surface area contributed by atoms with Crippen molar-refractivity contribution >= 4 is 23.0 Å². The molecule has 5 heteroatoms. The number of pyridine rings is 2. The molecule has 0 saturated carbocycles. The summed E-state index contributed by atoms with van der Waals surface area (Å²) in [6.45, 7) is 0.471. The van der Waals surface area contributed by atoms with Crippen molar-refractivity contribution in [1.29, 1.82) is 0 Å². The summed E-state index contributed by atoms with van der Waals surface area (Å²) in [6, 6.07) is 15.9. The summed E-state index contributed by atoms with van der Waals surface area (Å²) in [4.78, 5) is 23.7. The Morgan fingerprint density at radius 3 is 2.74 bits per heavy atom. The monoisotopic (exact) mass is 354 g/mol. The molecule has 1 amide bonds. The van der Waals surface area contributed by atoms with Crippen molar-refractivity contribution in [3.63, 3.8) is 0 Å². The lowest BCUT2D eigenvalue weighted by Gasteiger charge is -2.02. The van der Waals surface area contributed by atoms with Crippen molar-refractivity contribution in [2.75, 3.05) is 0 Å². The van der Waals surface area contributed by atoms with E-state index < -0.39 is 0 Å². The zero-order valence-electron chi connectivity index (χ0n) is 14.6. The topological polar surface area (TPSA) is 70.7 Å². The number of amides is 1. The molecule has 0 aliphatic rings. The average Bonchev–Trinajstić information content (AvgIpc) is 3.15. The van der Waals surface area contributed by atoms with Crippen LogP contribution in [0.1, 0.15) is 11.1 Å². The highest BCUT2D eigenvalue weighted by molar-refractivity contribution is 5.96. The molecule has 3 heterocycles. The molecule has 4 aromatic rings. The third-order valence-electron chi connectivity index (χ3n) is 4.28. The number of benzene rings is 1. The van der Waals surface area contributed by atoms with Crippen LogP contribution in [0, 0.1) is 0 Å². The number of rotatable bonds is 5. The minimum atomic E-state index is -0.149. The molecule has 4 rings (SSSR count). The molecule has 0 radical (unpaired) electrons. The van der Waals surface area contributed by atoms with Gasteiger partial charge in [0, 0.05) is 48.4 Å². The van der Waals surface area contributed by atoms with E-state index in [2.05, 4.69) is 32.4 Å². The van der Waals surface area contributed by atoms with Gasteiger partial charge in [0.05, 0.1) is 0 Å². The maximum absolute atomic E-state index is 12.1. The van der Waals surface area contributed by atoms with Gasteiger partial charge in [0.1, 0.15) is 5.65 Å². The number of aromatic nitrogens is 3. The normalized spacial score (nSPS) is 11.1. The van der Waals surface area contributed by atoms with Crippen molar-refractivity contribution in [3.8, 4) is 11.1 Å². The molecule has 0 aliphatic heterocycles. The Labute approximate surface area is 156 Å². The molecule has 0 atom stereocenters. The van der Waals surface area contributed by atoms with Crippen molar-refractivity contribution in [2.45, 2.75) is 6.54 Å². The lowest BCUT2D eigenvalue weighted by Crippen LogP contribution is -2.20.